The van der Waals surface area contributed by atoms with Crippen molar-refractivity contribution in [3.8, 4) is 5.75 Å². The molecule has 0 aliphatic heterocycles. The molecule has 1 aromatic carbocycles. The van der Waals surface area contributed by atoms with E-state index in [-0.39, 0.29) is 6.61 Å². The average molecular weight is 238 g/mol. The summed E-state index contributed by atoms with van der Waals surface area (Å²) in [6.07, 6.45) is 0.742. The first kappa shape index (κ1) is 13.8. The predicted molar refractivity (Wildman–Crippen MR) is 70.6 cm³/mol. The van der Waals surface area contributed by atoms with Crippen LogP contribution in [0.2, 0.25) is 0 Å². The molecule has 4 nitrogen and oxygen atoms in total. The maximum absolute atomic E-state index is 9.09. The summed E-state index contributed by atoms with van der Waals surface area (Å²) in [4.78, 5) is 2.11. The standard InChI is InChI=1S/C13H22N2O2/c1-13(14,10-16)8-9-15(2)11-4-6-12(17-3)7-5-11/h4-7,16H,8-10,14H2,1-3H3. The zero-order valence-electron chi connectivity index (χ0n) is 10.8. The highest BCUT2D eigenvalue weighted by Crippen LogP contribution is 2.19. The molecule has 0 heterocycles. The molecule has 1 atom stereocenters. The van der Waals surface area contributed by atoms with Crippen LogP contribution in [0.3, 0.4) is 0 Å². The fourth-order valence-electron chi connectivity index (χ4n) is 1.47. The summed E-state index contributed by atoms with van der Waals surface area (Å²) >= 11 is 0. The number of ether oxygens (including phenoxy) is 1. The molecule has 0 aliphatic rings. The zero-order valence-corrected chi connectivity index (χ0v) is 10.8. The van der Waals surface area contributed by atoms with E-state index >= 15 is 0 Å². The van der Waals surface area contributed by atoms with Crippen LogP contribution in [0.1, 0.15) is 13.3 Å². The Morgan fingerprint density at radius 1 is 1.35 bits per heavy atom. The van der Waals surface area contributed by atoms with Gasteiger partial charge in [0.25, 0.3) is 0 Å². The smallest absolute Gasteiger partial charge is 0.119 e. The van der Waals surface area contributed by atoms with Crippen molar-refractivity contribution in [3.63, 3.8) is 0 Å². The Morgan fingerprint density at radius 2 is 1.94 bits per heavy atom. The van der Waals surface area contributed by atoms with E-state index in [0.29, 0.717) is 0 Å². The normalized spacial score (nSPS) is 14.2. The number of anilines is 1. The number of hydrogen-bond acceptors (Lipinski definition) is 4. The topological polar surface area (TPSA) is 58.7 Å². The van der Waals surface area contributed by atoms with Gasteiger partial charge in [0.2, 0.25) is 0 Å². The Labute approximate surface area is 103 Å². The molecule has 0 aliphatic carbocycles. The van der Waals surface area contributed by atoms with E-state index in [2.05, 4.69) is 4.90 Å². The molecule has 0 spiro atoms. The maximum atomic E-state index is 9.09. The van der Waals surface area contributed by atoms with Crippen molar-refractivity contribution in [2.45, 2.75) is 18.9 Å². The lowest BCUT2D eigenvalue weighted by molar-refractivity contribution is 0.202. The lowest BCUT2D eigenvalue weighted by Gasteiger charge is -2.26. The second-order valence-electron chi connectivity index (χ2n) is 4.68. The van der Waals surface area contributed by atoms with Gasteiger partial charge in [-0.05, 0) is 37.6 Å². The van der Waals surface area contributed by atoms with Crippen LogP contribution in [-0.4, -0.2) is 38.0 Å². The molecule has 0 bridgehead atoms. The summed E-state index contributed by atoms with van der Waals surface area (Å²) in [6, 6.07) is 7.87. The molecular formula is C13H22N2O2. The van der Waals surface area contributed by atoms with E-state index in [1.165, 1.54) is 0 Å². The number of aliphatic hydroxyl groups excluding tert-OH is 1. The first-order chi connectivity index (χ1) is 7.98. The van der Waals surface area contributed by atoms with Crippen molar-refractivity contribution in [1.29, 1.82) is 0 Å². The van der Waals surface area contributed by atoms with Crippen LogP contribution in [0, 0.1) is 0 Å². The van der Waals surface area contributed by atoms with Crippen LogP contribution in [0.4, 0.5) is 5.69 Å². The minimum absolute atomic E-state index is 0.00343. The molecule has 17 heavy (non-hydrogen) atoms. The van der Waals surface area contributed by atoms with E-state index in [1.54, 1.807) is 7.11 Å². The van der Waals surface area contributed by atoms with Gasteiger partial charge in [0, 0.05) is 24.8 Å². The van der Waals surface area contributed by atoms with Gasteiger partial charge in [-0.15, -0.1) is 0 Å². The maximum Gasteiger partial charge on any atom is 0.119 e. The van der Waals surface area contributed by atoms with Crippen molar-refractivity contribution in [1.82, 2.24) is 0 Å². The summed E-state index contributed by atoms with van der Waals surface area (Å²) < 4.78 is 5.11. The summed E-state index contributed by atoms with van der Waals surface area (Å²) in [5.41, 5.74) is 6.49. The Morgan fingerprint density at radius 3 is 2.41 bits per heavy atom. The van der Waals surface area contributed by atoms with Gasteiger partial charge in [-0.25, -0.2) is 0 Å². The van der Waals surface area contributed by atoms with Gasteiger partial charge in [-0.1, -0.05) is 0 Å². The van der Waals surface area contributed by atoms with Crippen LogP contribution in [-0.2, 0) is 0 Å². The molecule has 0 saturated heterocycles. The molecule has 1 rings (SSSR count). The van der Waals surface area contributed by atoms with Gasteiger partial charge >= 0.3 is 0 Å². The Kier molecular flexibility index (Phi) is 4.78. The summed E-state index contributed by atoms with van der Waals surface area (Å²) in [7, 11) is 3.66. The molecule has 1 aromatic rings. The van der Waals surface area contributed by atoms with Crippen LogP contribution >= 0.6 is 0 Å². The third kappa shape index (κ3) is 4.24. The molecular weight excluding hydrogens is 216 g/mol. The van der Waals surface area contributed by atoms with Crippen molar-refractivity contribution in [3.05, 3.63) is 24.3 Å². The number of hydrogen-bond donors (Lipinski definition) is 2. The highest BCUT2D eigenvalue weighted by atomic mass is 16.5. The van der Waals surface area contributed by atoms with Crippen LogP contribution < -0.4 is 15.4 Å². The molecule has 0 aromatic heterocycles. The molecule has 0 saturated carbocycles. The molecule has 0 amide bonds. The van der Waals surface area contributed by atoms with Crippen LogP contribution in [0.5, 0.6) is 5.75 Å². The van der Waals surface area contributed by atoms with E-state index in [4.69, 9.17) is 15.6 Å². The Balaban J connectivity index is 2.54. The van der Waals surface area contributed by atoms with Gasteiger partial charge in [0.05, 0.1) is 13.7 Å². The van der Waals surface area contributed by atoms with Crippen molar-refractivity contribution in [2.75, 3.05) is 32.2 Å². The summed E-state index contributed by atoms with van der Waals surface area (Å²) in [5.74, 6) is 0.848. The van der Waals surface area contributed by atoms with Gasteiger partial charge in [0.15, 0.2) is 0 Å². The highest BCUT2D eigenvalue weighted by Gasteiger charge is 2.17. The fourth-order valence-corrected chi connectivity index (χ4v) is 1.47. The van der Waals surface area contributed by atoms with Crippen LogP contribution in [0.15, 0.2) is 24.3 Å². The quantitative estimate of drug-likeness (QED) is 0.782. The fraction of sp³-hybridized carbons (Fsp3) is 0.538. The van der Waals surface area contributed by atoms with E-state index < -0.39 is 5.54 Å². The van der Waals surface area contributed by atoms with E-state index in [0.717, 1.165) is 24.4 Å². The van der Waals surface area contributed by atoms with Crippen molar-refractivity contribution >= 4 is 5.69 Å². The van der Waals surface area contributed by atoms with Crippen LogP contribution in [0.25, 0.3) is 0 Å². The number of aliphatic hydroxyl groups is 1. The second kappa shape index (κ2) is 5.89. The van der Waals surface area contributed by atoms with Gasteiger partial charge in [0.1, 0.15) is 5.75 Å². The first-order valence-corrected chi connectivity index (χ1v) is 5.73. The predicted octanol–water partition coefficient (Wildman–Crippen LogP) is 1.23. The van der Waals surface area contributed by atoms with E-state index in [9.17, 15) is 0 Å². The summed E-state index contributed by atoms with van der Waals surface area (Å²) in [5, 5.41) is 9.09. The third-order valence-electron chi connectivity index (χ3n) is 2.89. The molecule has 1 unspecified atom stereocenters. The number of methoxy groups -OCH3 is 1. The molecule has 96 valence electrons. The Bertz CT molecular complexity index is 336. The lowest BCUT2D eigenvalue weighted by atomic mass is 10.0. The number of nitrogens with zero attached hydrogens (tertiary/aromatic N) is 1. The van der Waals surface area contributed by atoms with Crippen molar-refractivity contribution in [2.24, 2.45) is 5.73 Å². The number of rotatable bonds is 6. The SMILES string of the molecule is COc1ccc(N(C)CCC(C)(N)CO)cc1. The molecule has 0 radical (unpaired) electrons. The van der Waals surface area contributed by atoms with E-state index in [1.807, 2.05) is 38.2 Å². The van der Waals surface area contributed by atoms with Gasteiger partial charge in [-0.2, -0.15) is 0 Å². The van der Waals surface area contributed by atoms with Gasteiger partial charge in [-0.3, -0.25) is 0 Å². The Hall–Kier alpha value is -1.26. The molecule has 4 heteroatoms. The molecule has 0 fully saturated rings. The summed E-state index contributed by atoms with van der Waals surface area (Å²) in [6.45, 7) is 2.66. The minimum atomic E-state index is -0.513. The zero-order chi connectivity index (χ0) is 12.9. The molecule has 3 N–H and O–H groups in total. The average Bonchev–Trinajstić information content (AvgIpc) is 2.36. The largest absolute Gasteiger partial charge is 0.497 e. The second-order valence-corrected chi connectivity index (χ2v) is 4.68. The van der Waals surface area contributed by atoms with Gasteiger partial charge < -0.3 is 20.5 Å². The number of nitrogens with two attached hydrogens (primary N) is 1. The number of benzene rings is 1. The highest BCUT2D eigenvalue weighted by molar-refractivity contribution is 5.48. The minimum Gasteiger partial charge on any atom is -0.497 e. The monoisotopic (exact) mass is 238 g/mol. The third-order valence-corrected chi connectivity index (χ3v) is 2.89. The lowest BCUT2D eigenvalue weighted by Crippen LogP contribution is -2.43. The van der Waals surface area contributed by atoms with Crippen molar-refractivity contribution < 1.29 is 9.84 Å². The first-order valence-electron chi connectivity index (χ1n) is 5.73.